The number of esters is 1. The zero-order valence-corrected chi connectivity index (χ0v) is 17.8. The molecule has 1 amide bonds. The summed E-state index contributed by atoms with van der Waals surface area (Å²) in [5, 5.41) is 2.70. The maximum Gasteiger partial charge on any atom is 0.307 e. The Hall–Kier alpha value is -3.79. The van der Waals surface area contributed by atoms with Crippen LogP contribution in [0.4, 0.5) is 10.1 Å². The predicted molar refractivity (Wildman–Crippen MR) is 115 cm³/mol. The van der Waals surface area contributed by atoms with E-state index in [0.29, 0.717) is 11.3 Å². The Morgan fingerprint density at radius 1 is 1.00 bits per heavy atom. The maximum absolute atomic E-state index is 13.2. The van der Waals surface area contributed by atoms with Gasteiger partial charge in [-0.1, -0.05) is 12.1 Å². The van der Waals surface area contributed by atoms with Crippen molar-refractivity contribution in [1.82, 2.24) is 10.3 Å². The molecule has 10 heteroatoms. The van der Waals surface area contributed by atoms with E-state index in [-0.39, 0.29) is 16.9 Å². The van der Waals surface area contributed by atoms with E-state index >= 15 is 0 Å². The van der Waals surface area contributed by atoms with Gasteiger partial charge in [-0.2, -0.15) is 0 Å². The van der Waals surface area contributed by atoms with Crippen molar-refractivity contribution in [2.75, 3.05) is 11.8 Å². The molecule has 0 aliphatic carbocycles. The number of nitrogens with one attached hydrogen (secondary N) is 2. The number of hydrogen-bond donors (Lipinski definition) is 2. The number of carbonyl (C=O) groups is 2. The van der Waals surface area contributed by atoms with Crippen molar-refractivity contribution in [3.63, 3.8) is 0 Å². The molecule has 1 atom stereocenters. The number of aromatic nitrogens is 1. The van der Waals surface area contributed by atoms with E-state index in [9.17, 15) is 22.4 Å². The first-order valence-electron chi connectivity index (χ1n) is 9.44. The normalized spacial score (nSPS) is 11.9. The fourth-order valence-corrected chi connectivity index (χ4v) is 3.92. The van der Waals surface area contributed by atoms with Crippen LogP contribution < -0.4 is 10.0 Å². The first kappa shape index (κ1) is 22.9. The zero-order valence-electron chi connectivity index (χ0n) is 17.0. The number of carbonyl (C=O) groups excluding carboxylic acids is 2. The van der Waals surface area contributed by atoms with E-state index in [4.69, 9.17) is 0 Å². The predicted octanol–water partition coefficient (Wildman–Crippen LogP) is 3.06. The summed E-state index contributed by atoms with van der Waals surface area (Å²) in [6.07, 6.45) is 2.75. The van der Waals surface area contributed by atoms with E-state index < -0.39 is 33.8 Å². The summed E-state index contributed by atoms with van der Waals surface area (Å²) < 4.78 is 45.4. The largest absolute Gasteiger partial charge is 0.469 e. The second kappa shape index (κ2) is 10.0. The third-order valence-corrected chi connectivity index (χ3v) is 5.93. The fourth-order valence-electron chi connectivity index (χ4n) is 2.86. The van der Waals surface area contributed by atoms with Crippen molar-refractivity contribution >= 4 is 27.6 Å². The van der Waals surface area contributed by atoms with Gasteiger partial charge in [0, 0.05) is 18.0 Å². The monoisotopic (exact) mass is 457 g/mol. The van der Waals surface area contributed by atoms with Crippen LogP contribution in [0.3, 0.4) is 0 Å². The first-order valence-corrected chi connectivity index (χ1v) is 10.9. The number of hydrogen-bond acceptors (Lipinski definition) is 6. The Kier molecular flexibility index (Phi) is 7.16. The van der Waals surface area contributed by atoms with Crippen LogP contribution in [0.25, 0.3) is 0 Å². The number of halogens is 1. The molecule has 32 heavy (non-hydrogen) atoms. The lowest BCUT2D eigenvalue weighted by Crippen LogP contribution is -2.30. The average molecular weight is 457 g/mol. The molecule has 3 rings (SSSR count). The van der Waals surface area contributed by atoms with Gasteiger partial charge in [0.15, 0.2) is 0 Å². The Bertz CT molecular complexity index is 1180. The highest BCUT2D eigenvalue weighted by Crippen LogP contribution is 2.20. The van der Waals surface area contributed by atoms with Crippen molar-refractivity contribution in [3.8, 4) is 0 Å². The van der Waals surface area contributed by atoms with Gasteiger partial charge in [0.05, 0.1) is 30.2 Å². The highest BCUT2D eigenvalue weighted by Gasteiger charge is 2.21. The van der Waals surface area contributed by atoms with Gasteiger partial charge in [0.25, 0.3) is 15.9 Å². The number of benzene rings is 2. The average Bonchev–Trinajstić information content (AvgIpc) is 2.79. The standard InChI is InChI=1S/C22H20FN3O5S/c1-31-21(27)14-20(15-2-6-17(23)7-3-15)25-22(28)16-4-8-19(9-5-16)32(29,30)26-18-10-12-24-13-11-18/h2-13,20H,14H2,1H3,(H,24,26)(H,25,28). The van der Waals surface area contributed by atoms with Crippen LogP contribution in [0.5, 0.6) is 0 Å². The highest BCUT2D eigenvalue weighted by atomic mass is 32.2. The third kappa shape index (κ3) is 5.88. The van der Waals surface area contributed by atoms with Crippen LogP contribution in [0.1, 0.15) is 28.4 Å². The summed E-state index contributed by atoms with van der Waals surface area (Å²) >= 11 is 0. The number of methoxy groups -OCH3 is 1. The van der Waals surface area contributed by atoms with Gasteiger partial charge in [-0.15, -0.1) is 0 Å². The number of nitrogens with zero attached hydrogens (tertiary/aromatic N) is 1. The minimum absolute atomic E-state index is 0.0319. The van der Waals surface area contributed by atoms with Crippen molar-refractivity contribution in [1.29, 1.82) is 0 Å². The van der Waals surface area contributed by atoms with E-state index in [0.717, 1.165) is 0 Å². The zero-order chi connectivity index (χ0) is 23.1. The number of anilines is 1. The van der Waals surface area contributed by atoms with Gasteiger partial charge in [-0.25, -0.2) is 12.8 Å². The summed E-state index contributed by atoms with van der Waals surface area (Å²) in [5.41, 5.74) is 1.06. The summed E-state index contributed by atoms with van der Waals surface area (Å²) in [6.45, 7) is 0. The number of ether oxygens (including phenoxy) is 1. The first-order chi connectivity index (χ1) is 15.3. The molecule has 166 valence electrons. The Morgan fingerprint density at radius 3 is 2.22 bits per heavy atom. The van der Waals surface area contributed by atoms with E-state index in [1.807, 2.05) is 0 Å². The molecule has 3 aromatic rings. The Morgan fingerprint density at radius 2 is 1.62 bits per heavy atom. The van der Waals surface area contributed by atoms with E-state index in [1.54, 1.807) is 0 Å². The molecule has 0 fully saturated rings. The van der Waals surface area contributed by atoms with Crippen LogP contribution in [-0.2, 0) is 19.6 Å². The van der Waals surface area contributed by atoms with Gasteiger partial charge in [0.2, 0.25) is 0 Å². The molecule has 2 N–H and O–H groups in total. The molecular formula is C22H20FN3O5S. The summed E-state index contributed by atoms with van der Waals surface area (Å²) in [6, 6.07) is 12.9. The molecule has 1 aromatic heterocycles. The molecule has 0 saturated heterocycles. The molecule has 0 bridgehead atoms. The SMILES string of the molecule is COC(=O)CC(NC(=O)c1ccc(S(=O)(=O)Nc2ccncc2)cc1)c1ccc(F)cc1. The quantitative estimate of drug-likeness (QED) is 0.503. The molecule has 0 aliphatic rings. The fraction of sp³-hybridized carbons (Fsp3) is 0.136. The number of amides is 1. The van der Waals surface area contributed by atoms with E-state index in [2.05, 4.69) is 19.8 Å². The summed E-state index contributed by atoms with van der Waals surface area (Å²) in [4.78, 5) is 28.3. The lowest BCUT2D eigenvalue weighted by Gasteiger charge is -2.18. The van der Waals surface area contributed by atoms with Crippen LogP contribution in [0, 0.1) is 5.82 Å². The van der Waals surface area contributed by atoms with Crippen LogP contribution in [0.2, 0.25) is 0 Å². The van der Waals surface area contributed by atoms with Crippen molar-refractivity contribution in [2.24, 2.45) is 0 Å². The van der Waals surface area contributed by atoms with Crippen molar-refractivity contribution in [2.45, 2.75) is 17.4 Å². The lowest BCUT2D eigenvalue weighted by molar-refractivity contribution is -0.141. The summed E-state index contributed by atoms with van der Waals surface area (Å²) in [5.74, 6) is -1.54. The minimum Gasteiger partial charge on any atom is -0.469 e. The smallest absolute Gasteiger partial charge is 0.307 e. The van der Waals surface area contributed by atoms with Crippen LogP contribution in [0.15, 0.2) is 78.0 Å². The number of pyridine rings is 1. The molecule has 2 aromatic carbocycles. The number of sulfonamides is 1. The molecule has 8 nitrogen and oxygen atoms in total. The summed E-state index contributed by atoms with van der Waals surface area (Å²) in [7, 11) is -2.62. The molecule has 0 aliphatic heterocycles. The second-order valence-corrected chi connectivity index (χ2v) is 8.41. The molecule has 1 heterocycles. The lowest BCUT2D eigenvalue weighted by atomic mass is 10.0. The highest BCUT2D eigenvalue weighted by molar-refractivity contribution is 7.92. The van der Waals surface area contributed by atoms with Crippen molar-refractivity contribution < 1.29 is 27.1 Å². The van der Waals surface area contributed by atoms with Crippen LogP contribution >= 0.6 is 0 Å². The van der Waals surface area contributed by atoms with Gasteiger partial charge in [0.1, 0.15) is 5.82 Å². The maximum atomic E-state index is 13.2. The van der Waals surface area contributed by atoms with E-state index in [1.165, 1.54) is 80.2 Å². The molecule has 0 spiro atoms. The minimum atomic E-state index is -3.85. The van der Waals surface area contributed by atoms with Gasteiger partial charge < -0.3 is 10.1 Å². The molecular weight excluding hydrogens is 437 g/mol. The molecule has 1 unspecified atom stereocenters. The topological polar surface area (TPSA) is 114 Å². The second-order valence-electron chi connectivity index (χ2n) is 6.72. The molecule has 0 saturated carbocycles. The number of rotatable bonds is 8. The van der Waals surface area contributed by atoms with Crippen molar-refractivity contribution in [3.05, 3.63) is 90.0 Å². The Labute approximate surface area is 184 Å². The van der Waals surface area contributed by atoms with Gasteiger partial charge >= 0.3 is 5.97 Å². The third-order valence-electron chi connectivity index (χ3n) is 4.54. The van der Waals surface area contributed by atoms with Gasteiger partial charge in [-0.05, 0) is 54.1 Å². The Balaban J connectivity index is 1.75. The van der Waals surface area contributed by atoms with Gasteiger partial charge in [-0.3, -0.25) is 19.3 Å². The molecule has 0 radical (unpaired) electrons. The van der Waals surface area contributed by atoms with Crippen LogP contribution in [-0.4, -0.2) is 32.4 Å².